The van der Waals surface area contributed by atoms with Crippen molar-refractivity contribution in [3.63, 3.8) is 0 Å². The van der Waals surface area contributed by atoms with Crippen LogP contribution in [-0.2, 0) is 10.8 Å². The Hall–Kier alpha value is -2.15. The topological polar surface area (TPSA) is 11.3 Å². The molecular weight excluding hydrogens is 232 g/mol. The number of hydrogen-bond acceptors (Lipinski definition) is 0. The smallest absolute Gasteiger partial charge is 0.262 e. The molecule has 0 unspecified atom stereocenters. The average molecular weight is 247 g/mol. The zero-order valence-corrected chi connectivity index (χ0v) is 10.9. The number of allylic oxidation sites excluding steroid dienone is 4. The molecule has 0 spiro atoms. The summed E-state index contributed by atoms with van der Waals surface area (Å²) in [7, 11) is 1.75. The van der Waals surface area contributed by atoms with Gasteiger partial charge >= 0.3 is 5.78 Å². The van der Waals surface area contributed by atoms with Crippen molar-refractivity contribution in [1.29, 1.82) is 0 Å². The largest absolute Gasteiger partial charge is 0.323 e. The Morgan fingerprint density at radius 1 is 1.05 bits per heavy atom. The van der Waals surface area contributed by atoms with Gasteiger partial charge in [-0.2, -0.15) is 0 Å². The molecule has 0 saturated carbocycles. The molecule has 2 aliphatic carbocycles. The quantitative estimate of drug-likeness (QED) is 0.627. The Morgan fingerprint density at radius 3 is 2.84 bits per heavy atom. The van der Waals surface area contributed by atoms with Crippen LogP contribution in [0.4, 0.5) is 0 Å². The Bertz CT molecular complexity index is 775. The highest BCUT2D eigenvalue weighted by Crippen LogP contribution is 2.41. The Morgan fingerprint density at radius 2 is 1.95 bits per heavy atom. The van der Waals surface area contributed by atoms with Crippen LogP contribution in [-0.4, -0.2) is 12.9 Å². The van der Waals surface area contributed by atoms with E-state index in [4.69, 9.17) is 4.42 Å². The highest BCUT2D eigenvalue weighted by molar-refractivity contribution is 6.05. The van der Waals surface area contributed by atoms with Gasteiger partial charge in [0.1, 0.15) is 0 Å². The first-order valence-corrected chi connectivity index (χ1v) is 6.69. The lowest BCUT2D eigenvalue weighted by Crippen LogP contribution is -2.02. The normalized spacial score (nSPS) is 19.1. The van der Waals surface area contributed by atoms with E-state index in [1.807, 2.05) is 0 Å². The molecule has 0 bridgehead atoms. The first-order chi connectivity index (χ1) is 9.36. The summed E-state index contributed by atoms with van der Waals surface area (Å²) in [5.41, 5.74) is 5.67. The standard InChI is InChI=1S/C18H15O/c1-19-14-7-9-16-13(10-14)11-18-15-5-3-2-4-12(15)6-8-17(16)18/h2-6,8-10H,7,11H2,1H3/q+1. The number of carbonyl (C=O) groups excluding carboxylic acids is 1. The fraction of sp³-hybridized carbons (Fsp3) is 0.167. The number of rotatable bonds is 0. The Balaban J connectivity index is 1.97. The van der Waals surface area contributed by atoms with Crippen LogP contribution in [0, 0.1) is 0 Å². The predicted octanol–water partition coefficient (Wildman–Crippen LogP) is 3.84. The molecule has 0 radical (unpaired) electrons. The fourth-order valence-corrected chi connectivity index (χ4v) is 3.21. The van der Waals surface area contributed by atoms with Gasteiger partial charge in [-0.1, -0.05) is 42.5 Å². The van der Waals surface area contributed by atoms with Crippen LogP contribution in [0.15, 0.2) is 54.1 Å². The van der Waals surface area contributed by atoms with Crippen molar-refractivity contribution in [3.05, 3.63) is 65.3 Å². The lowest BCUT2D eigenvalue weighted by Gasteiger charge is -2.06. The van der Waals surface area contributed by atoms with Gasteiger partial charge in [0.25, 0.3) is 7.11 Å². The summed E-state index contributed by atoms with van der Waals surface area (Å²) in [6.07, 6.45) is 6.44. The molecule has 0 aromatic heterocycles. The number of ketones is 1. The molecule has 1 heteroatoms. The van der Waals surface area contributed by atoms with Gasteiger partial charge in [0.15, 0.2) is 0 Å². The molecule has 0 N–H and O–H groups in total. The van der Waals surface area contributed by atoms with Crippen LogP contribution in [0.1, 0.15) is 17.5 Å². The SMILES string of the molecule is C[O+]=C1C=C2Cc3c(ccc4ccccc34)C2=CC1. The van der Waals surface area contributed by atoms with E-state index in [-0.39, 0.29) is 0 Å². The zero-order chi connectivity index (χ0) is 12.8. The van der Waals surface area contributed by atoms with E-state index >= 15 is 0 Å². The molecule has 0 atom stereocenters. The highest BCUT2D eigenvalue weighted by atomic mass is 16.4. The summed E-state index contributed by atoms with van der Waals surface area (Å²) in [5.74, 6) is 1.07. The van der Waals surface area contributed by atoms with E-state index in [9.17, 15) is 0 Å². The second-order valence-corrected chi connectivity index (χ2v) is 5.15. The maximum Gasteiger partial charge on any atom is 0.323 e. The van der Waals surface area contributed by atoms with Gasteiger partial charge in [0.2, 0.25) is 0 Å². The Kier molecular flexibility index (Phi) is 2.22. The molecule has 0 amide bonds. The monoisotopic (exact) mass is 247 g/mol. The van der Waals surface area contributed by atoms with Crippen LogP contribution in [0.2, 0.25) is 0 Å². The molecule has 0 fully saturated rings. The third kappa shape index (κ3) is 1.51. The number of benzene rings is 2. The fourth-order valence-electron chi connectivity index (χ4n) is 3.21. The predicted molar refractivity (Wildman–Crippen MR) is 79.3 cm³/mol. The Labute approximate surface area is 112 Å². The maximum atomic E-state index is 5.38. The molecule has 1 nitrogen and oxygen atoms in total. The first-order valence-electron chi connectivity index (χ1n) is 6.69. The van der Waals surface area contributed by atoms with Crippen molar-refractivity contribution >= 4 is 22.1 Å². The van der Waals surface area contributed by atoms with Gasteiger partial charge < -0.3 is 0 Å². The molecule has 2 aliphatic rings. The summed E-state index contributed by atoms with van der Waals surface area (Å²) in [6, 6.07) is 13.1. The third-order valence-corrected chi connectivity index (χ3v) is 4.15. The van der Waals surface area contributed by atoms with Gasteiger partial charge in [0, 0.05) is 6.08 Å². The van der Waals surface area contributed by atoms with E-state index in [0.29, 0.717) is 0 Å². The van der Waals surface area contributed by atoms with Crippen molar-refractivity contribution in [1.82, 2.24) is 0 Å². The van der Waals surface area contributed by atoms with Gasteiger partial charge in [-0.05, 0) is 39.5 Å². The van der Waals surface area contributed by atoms with Crippen LogP contribution in [0.25, 0.3) is 16.3 Å². The van der Waals surface area contributed by atoms with E-state index < -0.39 is 0 Å². The van der Waals surface area contributed by atoms with Crippen LogP contribution in [0.5, 0.6) is 0 Å². The van der Waals surface area contributed by atoms with Crippen LogP contribution in [0.3, 0.4) is 0 Å². The second-order valence-electron chi connectivity index (χ2n) is 5.15. The molecule has 2 aromatic rings. The van der Waals surface area contributed by atoms with E-state index in [1.165, 1.54) is 33.0 Å². The summed E-state index contributed by atoms with van der Waals surface area (Å²) in [4.78, 5) is 0. The summed E-state index contributed by atoms with van der Waals surface area (Å²) >= 11 is 0. The minimum atomic E-state index is 0.904. The molecule has 0 aliphatic heterocycles. The maximum absolute atomic E-state index is 5.38. The minimum Gasteiger partial charge on any atom is -0.262 e. The number of hydrogen-bond donors (Lipinski definition) is 0. The molecule has 0 saturated heterocycles. The molecular formula is C18H15O+. The van der Waals surface area contributed by atoms with E-state index in [1.54, 1.807) is 7.11 Å². The zero-order valence-electron chi connectivity index (χ0n) is 10.9. The van der Waals surface area contributed by atoms with Crippen molar-refractivity contribution < 1.29 is 4.42 Å². The van der Waals surface area contributed by atoms with Crippen molar-refractivity contribution in [3.8, 4) is 0 Å². The first kappa shape index (κ1) is 10.7. The van der Waals surface area contributed by atoms with Gasteiger partial charge in [0.05, 0.1) is 6.42 Å². The van der Waals surface area contributed by atoms with Gasteiger partial charge in [-0.3, -0.25) is 4.42 Å². The summed E-state index contributed by atoms with van der Waals surface area (Å²) in [6.45, 7) is 0. The second kappa shape index (κ2) is 3.92. The van der Waals surface area contributed by atoms with Crippen LogP contribution >= 0.6 is 0 Å². The lowest BCUT2D eigenvalue weighted by molar-refractivity contribution is -0.420. The molecule has 0 heterocycles. The minimum absolute atomic E-state index is 0.904. The number of fused-ring (bicyclic) bond motifs is 5. The van der Waals surface area contributed by atoms with E-state index in [0.717, 1.165) is 18.6 Å². The van der Waals surface area contributed by atoms with Gasteiger partial charge in [-0.15, -0.1) is 0 Å². The lowest BCUT2D eigenvalue weighted by atomic mass is 9.96. The molecule has 92 valence electrons. The molecule has 19 heavy (non-hydrogen) atoms. The summed E-state index contributed by atoms with van der Waals surface area (Å²) in [5, 5.41) is 2.72. The van der Waals surface area contributed by atoms with Gasteiger partial charge in [-0.25, -0.2) is 0 Å². The molecule has 2 aromatic carbocycles. The van der Waals surface area contributed by atoms with Crippen molar-refractivity contribution in [2.24, 2.45) is 0 Å². The summed E-state index contributed by atoms with van der Waals surface area (Å²) < 4.78 is 5.38. The van der Waals surface area contributed by atoms with Crippen LogP contribution < -0.4 is 0 Å². The third-order valence-electron chi connectivity index (χ3n) is 4.15. The van der Waals surface area contributed by atoms with Crippen molar-refractivity contribution in [2.45, 2.75) is 12.8 Å². The van der Waals surface area contributed by atoms with E-state index in [2.05, 4.69) is 48.6 Å². The average Bonchev–Trinajstić information content (AvgIpc) is 2.85. The highest BCUT2D eigenvalue weighted by Gasteiger charge is 2.27. The molecule has 4 rings (SSSR count). The van der Waals surface area contributed by atoms with Crippen molar-refractivity contribution in [2.75, 3.05) is 7.11 Å².